The molecule has 0 unspecified atom stereocenters. The largest absolute Gasteiger partial charge is 0.352 e. The minimum atomic E-state index is -0.388. The van der Waals surface area contributed by atoms with Crippen molar-refractivity contribution in [2.45, 2.75) is 12.8 Å². The summed E-state index contributed by atoms with van der Waals surface area (Å²) in [7, 11) is 5.23. The summed E-state index contributed by atoms with van der Waals surface area (Å²) in [6, 6.07) is 9.61. The summed E-state index contributed by atoms with van der Waals surface area (Å²) < 4.78 is 0. The number of allylic oxidation sites excluding steroid dienone is 1. The first-order chi connectivity index (χ1) is 8.72. The second-order valence-corrected chi connectivity index (χ2v) is 4.33. The van der Waals surface area contributed by atoms with Gasteiger partial charge in [0.1, 0.15) is 0 Å². The number of likely N-dealkylation sites (tertiary alicyclic amines) is 1. The van der Waals surface area contributed by atoms with Crippen molar-refractivity contribution in [1.29, 1.82) is 0 Å². The zero-order valence-corrected chi connectivity index (χ0v) is 10.1. The molecule has 18 heavy (non-hydrogen) atoms. The van der Waals surface area contributed by atoms with E-state index in [-0.39, 0.29) is 5.81 Å². The van der Waals surface area contributed by atoms with Gasteiger partial charge in [0.05, 0.1) is 0 Å². The lowest BCUT2D eigenvalue weighted by atomic mass is 9.93. The number of piperidine rings is 1. The fourth-order valence-electron chi connectivity index (χ4n) is 2.24. The van der Waals surface area contributed by atoms with E-state index in [1.807, 2.05) is 30.3 Å². The Labute approximate surface area is 108 Å². The van der Waals surface area contributed by atoms with E-state index in [9.17, 15) is 9.59 Å². The van der Waals surface area contributed by atoms with Crippen LogP contribution in [0.25, 0.3) is 5.57 Å². The van der Waals surface area contributed by atoms with Crippen molar-refractivity contribution in [1.82, 2.24) is 4.90 Å². The van der Waals surface area contributed by atoms with Crippen molar-refractivity contribution in [2.75, 3.05) is 13.1 Å². The highest BCUT2D eigenvalue weighted by Crippen LogP contribution is 2.25. The van der Waals surface area contributed by atoms with Gasteiger partial charge in [0.15, 0.2) is 12.1 Å². The number of amides is 1. The Morgan fingerprint density at radius 2 is 1.78 bits per heavy atom. The second-order valence-electron chi connectivity index (χ2n) is 4.33. The van der Waals surface area contributed by atoms with Crippen LogP contribution in [-0.4, -0.2) is 37.9 Å². The molecule has 1 fully saturated rings. The predicted molar refractivity (Wildman–Crippen MR) is 71.4 cm³/mol. The fourth-order valence-corrected chi connectivity index (χ4v) is 2.24. The summed E-state index contributed by atoms with van der Waals surface area (Å²) in [5, 5.41) is 0. The van der Waals surface area contributed by atoms with Crippen molar-refractivity contribution < 1.29 is 9.59 Å². The maximum atomic E-state index is 11.3. The lowest BCUT2D eigenvalue weighted by Crippen LogP contribution is -2.35. The molecule has 1 aromatic rings. The molecule has 1 aliphatic rings. The Hall–Kier alpha value is -1.84. The van der Waals surface area contributed by atoms with E-state index in [1.54, 1.807) is 4.90 Å². The van der Waals surface area contributed by atoms with E-state index in [0.29, 0.717) is 25.9 Å². The molecular weight excluding hydrogens is 225 g/mol. The molecule has 0 bridgehead atoms. The van der Waals surface area contributed by atoms with E-state index < -0.39 is 0 Å². The molecule has 2 rings (SSSR count). The SMILES string of the molecule is [B]C(=O)N1CCC(=C(C=O)c2ccccc2)CC1. The van der Waals surface area contributed by atoms with Crippen LogP contribution in [0.1, 0.15) is 18.4 Å². The van der Waals surface area contributed by atoms with Gasteiger partial charge in [-0.3, -0.25) is 9.59 Å². The molecule has 1 aliphatic heterocycles. The van der Waals surface area contributed by atoms with Gasteiger partial charge in [-0.2, -0.15) is 0 Å². The first-order valence-corrected chi connectivity index (χ1v) is 5.99. The molecule has 0 N–H and O–H groups in total. The van der Waals surface area contributed by atoms with Gasteiger partial charge >= 0.3 is 0 Å². The van der Waals surface area contributed by atoms with Crippen LogP contribution in [-0.2, 0) is 4.79 Å². The Bertz CT molecular complexity index is 472. The summed E-state index contributed by atoms with van der Waals surface area (Å²) in [4.78, 5) is 23.9. The number of carbonyl (C=O) groups excluding carboxylic acids is 2. The average molecular weight is 239 g/mol. The summed E-state index contributed by atoms with van der Waals surface area (Å²) in [6.45, 7) is 1.18. The lowest BCUT2D eigenvalue weighted by molar-refractivity contribution is -0.103. The summed E-state index contributed by atoms with van der Waals surface area (Å²) in [5.41, 5.74) is 2.79. The Morgan fingerprint density at radius 3 is 2.28 bits per heavy atom. The monoisotopic (exact) mass is 239 g/mol. The number of benzene rings is 1. The molecule has 1 amide bonds. The molecule has 90 valence electrons. The molecule has 1 saturated heterocycles. The quantitative estimate of drug-likeness (QED) is 0.449. The van der Waals surface area contributed by atoms with Gasteiger partial charge in [-0.1, -0.05) is 35.9 Å². The summed E-state index contributed by atoms with van der Waals surface area (Å²) >= 11 is 0. The van der Waals surface area contributed by atoms with Gasteiger partial charge in [0.25, 0.3) is 0 Å². The van der Waals surface area contributed by atoms with Crippen LogP contribution in [0.5, 0.6) is 0 Å². The van der Waals surface area contributed by atoms with E-state index in [1.165, 1.54) is 0 Å². The number of hydrogen-bond donors (Lipinski definition) is 0. The minimum Gasteiger partial charge on any atom is -0.352 e. The van der Waals surface area contributed by atoms with Crippen LogP contribution in [0.4, 0.5) is 4.79 Å². The van der Waals surface area contributed by atoms with Crippen LogP contribution in [0, 0.1) is 0 Å². The molecule has 0 aliphatic carbocycles. The molecule has 1 aromatic carbocycles. The van der Waals surface area contributed by atoms with Gasteiger partial charge in [-0.05, 0) is 18.4 Å². The van der Waals surface area contributed by atoms with Gasteiger partial charge < -0.3 is 4.90 Å². The van der Waals surface area contributed by atoms with E-state index in [0.717, 1.165) is 23.0 Å². The van der Waals surface area contributed by atoms with Crippen molar-refractivity contribution in [2.24, 2.45) is 0 Å². The highest BCUT2D eigenvalue weighted by Gasteiger charge is 2.18. The van der Waals surface area contributed by atoms with Crippen LogP contribution >= 0.6 is 0 Å². The second kappa shape index (κ2) is 5.67. The standard InChI is InChI=1S/C14H14BNO2/c15-14(18)16-8-6-12(7-9-16)13(10-17)11-4-2-1-3-5-11/h1-5,10H,6-9H2. The van der Waals surface area contributed by atoms with E-state index in [4.69, 9.17) is 7.85 Å². The van der Waals surface area contributed by atoms with E-state index >= 15 is 0 Å². The smallest absolute Gasteiger partial charge is 0.200 e. The van der Waals surface area contributed by atoms with Crippen molar-refractivity contribution in [3.63, 3.8) is 0 Å². The van der Waals surface area contributed by atoms with Crippen LogP contribution in [0.3, 0.4) is 0 Å². The van der Waals surface area contributed by atoms with Crippen LogP contribution < -0.4 is 0 Å². The highest BCUT2D eigenvalue weighted by atomic mass is 16.1. The third kappa shape index (κ3) is 2.70. The Morgan fingerprint density at radius 1 is 1.17 bits per heavy atom. The van der Waals surface area contributed by atoms with Crippen LogP contribution in [0.2, 0.25) is 0 Å². The molecular formula is C14H14BNO2. The van der Waals surface area contributed by atoms with Gasteiger partial charge in [0, 0.05) is 18.7 Å². The molecule has 0 atom stereocenters. The normalized spacial score (nSPS) is 15.3. The topological polar surface area (TPSA) is 37.4 Å². The molecule has 0 aromatic heterocycles. The number of carbonyl (C=O) groups is 2. The molecule has 2 radical (unpaired) electrons. The molecule has 0 spiro atoms. The van der Waals surface area contributed by atoms with E-state index in [2.05, 4.69) is 0 Å². The third-order valence-corrected chi connectivity index (χ3v) is 3.26. The van der Waals surface area contributed by atoms with Gasteiger partial charge in [0.2, 0.25) is 7.85 Å². The Balaban J connectivity index is 2.20. The number of aldehydes is 1. The average Bonchev–Trinajstić information content (AvgIpc) is 2.41. The summed E-state index contributed by atoms with van der Waals surface area (Å²) in [6.07, 6.45) is 2.34. The predicted octanol–water partition coefficient (Wildman–Crippen LogP) is 2.02. The third-order valence-electron chi connectivity index (χ3n) is 3.26. The van der Waals surface area contributed by atoms with Crippen molar-refractivity contribution in [3.05, 3.63) is 41.5 Å². The summed E-state index contributed by atoms with van der Waals surface area (Å²) in [5.74, 6) is -0.388. The molecule has 0 saturated carbocycles. The maximum Gasteiger partial charge on any atom is 0.200 e. The number of rotatable bonds is 2. The zero-order chi connectivity index (χ0) is 13.0. The fraction of sp³-hybridized carbons (Fsp3) is 0.286. The molecule has 1 heterocycles. The molecule has 3 nitrogen and oxygen atoms in total. The van der Waals surface area contributed by atoms with Crippen molar-refractivity contribution >= 4 is 25.5 Å². The highest BCUT2D eigenvalue weighted by molar-refractivity contribution is 6.56. The van der Waals surface area contributed by atoms with Crippen molar-refractivity contribution in [3.8, 4) is 0 Å². The number of nitrogens with zero attached hydrogens (tertiary/aromatic N) is 1. The number of hydrogen-bond acceptors (Lipinski definition) is 2. The van der Waals surface area contributed by atoms with Crippen LogP contribution in [0.15, 0.2) is 35.9 Å². The van der Waals surface area contributed by atoms with Gasteiger partial charge in [-0.15, -0.1) is 0 Å². The Kier molecular flexibility index (Phi) is 3.97. The zero-order valence-electron chi connectivity index (χ0n) is 10.1. The minimum absolute atomic E-state index is 0.388. The molecule has 4 heteroatoms. The maximum absolute atomic E-state index is 11.3. The van der Waals surface area contributed by atoms with Gasteiger partial charge in [-0.25, -0.2) is 0 Å². The lowest BCUT2D eigenvalue weighted by Gasteiger charge is -2.28. The first-order valence-electron chi connectivity index (χ1n) is 5.99. The first kappa shape index (κ1) is 12.6.